The second-order valence-electron chi connectivity index (χ2n) is 14.5. The summed E-state index contributed by atoms with van der Waals surface area (Å²) >= 11 is 0. The van der Waals surface area contributed by atoms with Gasteiger partial charge in [-0.3, -0.25) is 0 Å². The quantitative estimate of drug-likeness (QED) is 0.163. The molecule has 0 amide bonds. The lowest BCUT2D eigenvalue weighted by Gasteiger charge is -2.26. The van der Waals surface area contributed by atoms with Gasteiger partial charge in [0.2, 0.25) is 0 Å². The highest BCUT2D eigenvalue weighted by Crippen LogP contribution is 2.44. The van der Waals surface area contributed by atoms with Gasteiger partial charge >= 0.3 is 0 Å². The van der Waals surface area contributed by atoms with E-state index in [1.54, 1.807) is 0 Å². The maximum Gasteiger partial charge on any atom is 0.143 e. The minimum atomic E-state index is 0.903. The van der Waals surface area contributed by atoms with E-state index >= 15 is 0 Å². The SMILES string of the molecule is c1ccc(-c2cccc(N(c3ccc(-c4cccc5c4oc4ccccc45)cc3)c3ccc4c5c(-c6ccccc6)cccc5n(-c5ccccc5)c4c3)c2)cc1. The van der Waals surface area contributed by atoms with Crippen molar-refractivity contribution in [3.8, 4) is 39.1 Å². The zero-order valence-corrected chi connectivity index (χ0v) is 31.1. The molecule has 0 fully saturated rings. The Morgan fingerprint density at radius 1 is 0.351 bits per heavy atom. The maximum absolute atomic E-state index is 6.45. The summed E-state index contributed by atoms with van der Waals surface area (Å²) in [7, 11) is 0. The van der Waals surface area contributed by atoms with E-state index in [0.29, 0.717) is 0 Å². The summed E-state index contributed by atoms with van der Waals surface area (Å²) in [5.74, 6) is 0. The predicted octanol–water partition coefficient (Wildman–Crippen LogP) is 15.2. The number of para-hydroxylation sites is 3. The van der Waals surface area contributed by atoms with Gasteiger partial charge in [0, 0.05) is 49.9 Å². The zero-order chi connectivity index (χ0) is 37.7. The molecule has 0 saturated heterocycles. The molecule has 11 rings (SSSR count). The number of furan rings is 1. The lowest BCUT2D eigenvalue weighted by atomic mass is 9.99. The van der Waals surface area contributed by atoms with Gasteiger partial charge in [0.05, 0.1) is 11.0 Å². The molecule has 0 aliphatic carbocycles. The van der Waals surface area contributed by atoms with Gasteiger partial charge in [-0.25, -0.2) is 0 Å². The van der Waals surface area contributed by atoms with Crippen LogP contribution in [0.4, 0.5) is 17.1 Å². The van der Waals surface area contributed by atoms with Crippen molar-refractivity contribution in [2.75, 3.05) is 4.90 Å². The van der Waals surface area contributed by atoms with E-state index in [0.717, 1.165) is 61.3 Å². The van der Waals surface area contributed by atoms with Gasteiger partial charge in [-0.05, 0) is 88.5 Å². The average Bonchev–Trinajstić information content (AvgIpc) is 3.84. The minimum absolute atomic E-state index is 0.903. The molecule has 268 valence electrons. The third kappa shape index (κ3) is 5.60. The molecular formula is C54H36N2O. The monoisotopic (exact) mass is 728 g/mol. The molecule has 0 aliphatic rings. The molecule has 0 spiro atoms. The Bertz CT molecular complexity index is 3220. The van der Waals surface area contributed by atoms with Gasteiger partial charge in [0.25, 0.3) is 0 Å². The highest BCUT2D eigenvalue weighted by molar-refractivity contribution is 6.16. The van der Waals surface area contributed by atoms with Crippen LogP contribution in [0.5, 0.6) is 0 Å². The van der Waals surface area contributed by atoms with Crippen molar-refractivity contribution in [2.24, 2.45) is 0 Å². The Kier molecular flexibility index (Phi) is 7.82. The molecular weight excluding hydrogens is 693 g/mol. The summed E-state index contributed by atoms with van der Waals surface area (Å²) in [5.41, 5.74) is 15.4. The molecule has 0 radical (unpaired) electrons. The van der Waals surface area contributed by atoms with E-state index in [1.165, 1.54) is 38.5 Å². The fourth-order valence-electron chi connectivity index (χ4n) is 8.58. The third-order valence-corrected chi connectivity index (χ3v) is 11.2. The standard InChI is InChI=1S/C54H36N2O/c1-4-15-37(16-5-1)40-19-12-22-43(35-40)55(42-31-29-39(30-32-42)46-25-13-26-48-47-23-10-11-28-52(47)57-54(46)48)44-33-34-49-51(36-44)56(41-20-8-3-9-21-41)50-27-14-24-45(53(49)50)38-17-6-2-7-18-38/h1-36H. The van der Waals surface area contributed by atoms with Crippen LogP contribution in [0.15, 0.2) is 223 Å². The minimum Gasteiger partial charge on any atom is -0.455 e. The van der Waals surface area contributed by atoms with Gasteiger partial charge in [0.15, 0.2) is 0 Å². The number of aromatic nitrogens is 1. The Hall–Kier alpha value is -7.62. The highest BCUT2D eigenvalue weighted by Gasteiger charge is 2.20. The Morgan fingerprint density at radius 3 is 1.75 bits per heavy atom. The van der Waals surface area contributed by atoms with Crippen molar-refractivity contribution in [1.82, 2.24) is 4.57 Å². The van der Waals surface area contributed by atoms with Crippen LogP contribution in [0.25, 0.3) is 82.8 Å². The van der Waals surface area contributed by atoms with E-state index < -0.39 is 0 Å². The molecule has 0 atom stereocenters. The molecule has 3 nitrogen and oxygen atoms in total. The predicted molar refractivity (Wildman–Crippen MR) is 239 cm³/mol. The molecule has 0 bridgehead atoms. The second-order valence-corrected chi connectivity index (χ2v) is 14.5. The fraction of sp³-hybridized carbons (Fsp3) is 0. The summed E-state index contributed by atoms with van der Waals surface area (Å²) in [5, 5.41) is 4.72. The molecule has 11 aromatic rings. The number of fused-ring (bicyclic) bond motifs is 6. The first-order valence-corrected chi connectivity index (χ1v) is 19.4. The number of anilines is 3. The molecule has 0 unspecified atom stereocenters. The molecule has 2 heterocycles. The third-order valence-electron chi connectivity index (χ3n) is 11.2. The van der Waals surface area contributed by atoms with Crippen molar-refractivity contribution in [2.45, 2.75) is 0 Å². The first kappa shape index (κ1) is 32.8. The van der Waals surface area contributed by atoms with Crippen LogP contribution in [0.1, 0.15) is 0 Å². The molecule has 9 aromatic carbocycles. The van der Waals surface area contributed by atoms with Crippen LogP contribution in [-0.4, -0.2) is 4.57 Å². The van der Waals surface area contributed by atoms with Crippen LogP contribution in [-0.2, 0) is 0 Å². The fourth-order valence-corrected chi connectivity index (χ4v) is 8.58. The van der Waals surface area contributed by atoms with Gasteiger partial charge in [-0.1, -0.05) is 158 Å². The summed E-state index contributed by atoms with van der Waals surface area (Å²) in [6.45, 7) is 0. The summed E-state index contributed by atoms with van der Waals surface area (Å²) in [6, 6.07) is 78.1. The van der Waals surface area contributed by atoms with Gasteiger partial charge < -0.3 is 13.9 Å². The molecule has 2 aromatic heterocycles. The summed E-state index contributed by atoms with van der Waals surface area (Å²) < 4.78 is 8.86. The molecule has 57 heavy (non-hydrogen) atoms. The first-order chi connectivity index (χ1) is 28.3. The summed E-state index contributed by atoms with van der Waals surface area (Å²) in [4.78, 5) is 2.38. The number of benzene rings is 9. The Balaban J connectivity index is 1.12. The lowest BCUT2D eigenvalue weighted by molar-refractivity contribution is 0.670. The number of hydrogen-bond donors (Lipinski definition) is 0. The average molecular weight is 729 g/mol. The van der Waals surface area contributed by atoms with Crippen molar-refractivity contribution in [3.63, 3.8) is 0 Å². The van der Waals surface area contributed by atoms with E-state index in [-0.39, 0.29) is 0 Å². The molecule has 0 N–H and O–H groups in total. The highest BCUT2D eigenvalue weighted by atomic mass is 16.3. The van der Waals surface area contributed by atoms with Crippen molar-refractivity contribution in [3.05, 3.63) is 218 Å². The molecule has 0 aliphatic heterocycles. The van der Waals surface area contributed by atoms with Gasteiger partial charge in [-0.2, -0.15) is 0 Å². The van der Waals surface area contributed by atoms with Crippen LogP contribution in [0.2, 0.25) is 0 Å². The Morgan fingerprint density at radius 2 is 0.947 bits per heavy atom. The van der Waals surface area contributed by atoms with Crippen LogP contribution in [0.3, 0.4) is 0 Å². The van der Waals surface area contributed by atoms with E-state index in [4.69, 9.17) is 4.42 Å². The molecule has 0 saturated carbocycles. The van der Waals surface area contributed by atoms with Crippen molar-refractivity contribution < 1.29 is 4.42 Å². The van der Waals surface area contributed by atoms with Crippen LogP contribution < -0.4 is 4.90 Å². The number of rotatable bonds is 7. The van der Waals surface area contributed by atoms with E-state index in [2.05, 4.69) is 216 Å². The van der Waals surface area contributed by atoms with Crippen LogP contribution in [0, 0.1) is 0 Å². The van der Waals surface area contributed by atoms with Crippen molar-refractivity contribution in [1.29, 1.82) is 0 Å². The molecule has 3 heteroatoms. The van der Waals surface area contributed by atoms with Gasteiger partial charge in [0.1, 0.15) is 11.2 Å². The van der Waals surface area contributed by atoms with E-state index in [1.807, 2.05) is 12.1 Å². The number of hydrogen-bond acceptors (Lipinski definition) is 2. The largest absolute Gasteiger partial charge is 0.455 e. The summed E-state index contributed by atoms with van der Waals surface area (Å²) in [6.07, 6.45) is 0. The smallest absolute Gasteiger partial charge is 0.143 e. The topological polar surface area (TPSA) is 21.3 Å². The zero-order valence-electron chi connectivity index (χ0n) is 31.1. The van der Waals surface area contributed by atoms with Crippen LogP contribution >= 0.6 is 0 Å². The Labute approximate surface area is 330 Å². The normalized spacial score (nSPS) is 11.5. The maximum atomic E-state index is 6.45. The lowest BCUT2D eigenvalue weighted by Crippen LogP contribution is -2.10. The number of nitrogens with zero attached hydrogens (tertiary/aromatic N) is 2. The van der Waals surface area contributed by atoms with Crippen molar-refractivity contribution >= 4 is 60.8 Å². The first-order valence-electron chi connectivity index (χ1n) is 19.4. The van der Waals surface area contributed by atoms with Gasteiger partial charge in [-0.15, -0.1) is 0 Å². The second kappa shape index (κ2) is 13.6. The van der Waals surface area contributed by atoms with E-state index in [9.17, 15) is 0 Å².